The standard InChI is InChI=1S/C16H21Cl2NO.C4H4O4/c17-15-4-3-12(7-16(15)18)14-5-6-19-8-13(14)10-20-9-11-1-2-11;5-3(6)1-2-4(7)8/h3-4,7,11,13-14,19H,1-2,5-6,8-10H2;1-2H,(H,5,6)(H,7,8)/b;2-1+/t13-,14-;/m0./s1. The monoisotopic (exact) mass is 429 g/mol. The van der Waals surface area contributed by atoms with Crippen LogP contribution in [0.1, 0.15) is 30.7 Å². The number of carboxylic acid groups (broad SMARTS) is 2. The first-order valence-corrected chi connectivity index (χ1v) is 9.99. The molecule has 154 valence electrons. The number of ether oxygens (including phenoxy) is 1. The maximum absolute atomic E-state index is 9.55. The highest BCUT2D eigenvalue weighted by Gasteiger charge is 2.28. The Bertz CT molecular complexity index is 690. The van der Waals surface area contributed by atoms with Crippen molar-refractivity contribution >= 4 is 35.1 Å². The second kappa shape index (κ2) is 11.4. The van der Waals surface area contributed by atoms with Crippen molar-refractivity contribution in [2.75, 3.05) is 26.3 Å². The summed E-state index contributed by atoms with van der Waals surface area (Å²) in [5.41, 5.74) is 1.29. The van der Waals surface area contributed by atoms with Crippen LogP contribution in [0.3, 0.4) is 0 Å². The molecule has 1 aliphatic heterocycles. The Morgan fingerprint density at radius 1 is 1.07 bits per heavy atom. The zero-order valence-electron chi connectivity index (χ0n) is 15.4. The number of benzene rings is 1. The Morgan fingerprint density at radius 3 is 2.32 bits per heavy atom. The van der Waals surface area contributed by atoms with E-state index in [1.807, 2.05) is 12.1 Å². The lowest BCUT2D eigenvalue weighted by Crippen LogP contribution is -2.38. The molecule has 0 spiro atoms. The normalized spacial score (nSPS) is 21.8. The summed E-state index contributed by atoms with van der Waals surface area (Å²) in [6.45, 7) is 3.86. The van der Waals surface area contributed by atoms with Gasteiger partial charge in [0.25, 0.3) is 0 Å². The van der Waals surface area contributed by atoms with E-state index < -0.39 is 11.9 Å². The predicted octanol–water partition coefficient (Wildman–Crippen LogP) is 3.82. The maximum atomic E-state index is 9.55. The highest BCUT2D eigenvalue weighted by molar-refractivity contribution is 6.42. The van der Waals surface area contributed by atoms with Crippen molar-refractivity contribution < 1.29 is 24.5 Å². The molecular weight excluding hydrogens is 405 g/mol. The molecular formula is C20H25Cl2NO5. The summed E-state index contributed by atoms with van der Waals surface area (Å²) in [7, 11) is 0. The molecule has 2 fully saturated rings. The Balaban J connectivity index is 0.000000300. The number of aliphatic carboxylic acids is 2. The summed E-state index contributed by atoms with van der Waals surface area (Å²) in [6, 6.07) is 6.04. The minimum atomic E-state index is -1.26. The SMILES string of the molecule is Clc1ccc([C@@H]2CCNC[C@H]2COCC2CC2)cc1Cl.O=C(O)/C=C/C(=O)O. The van der Waals surface area contributed by atoms with Crippen molar-refractivity contribution in [1.82, 2.24) is 5.32 Å². The van der Waals surface area contributed by atoms with E-state index in [0.717, 1.165) is 38.6 Å². The van der Waals surface area contributed by atoms with Crippen molar-refractivity contribution in [3.05, 3.63) is 46.0 Å². The van der Waals surface area contributed by atoms with Crippen LogP contribution in [-0.4, -0.2) is 48.5 Å². The van der Waals surface area contributed by atoms with Gasteiger partial charge in [0.05, 0.1) is 16.7 Å². The highest BCUT2D eigenvalue weighted by atomic mass is 35.5. The third kappa shape index (κ3) is 8.19. The number of halogens is 2. The third-order valence-electron chi connectivity index (χ3n) is 4.73. The molecule has 0 unspecified atom stereocenters. The first kappa shape index (κ1) is 22.7. The van der Waals surface area contributed by atoms with Crippen molar-refractivity contribution in [3.63, 3.8) is 0 Å². The van der Waals surface area contributed by atoms with E-state index >= 15 is 0 Å². The smallest absolute Gasteiger partial charge is 0.328 e. The topological polar surface area (TPSA) is 95.9 Å². The maximum Gasteiger partial charge on any atom is 0.328 e. The lowest BCUT2D eigenvalue weighted by molar-refractivity contribution is -0.134. The molecule has 0 bridgehead atoms. The molecule has 1 saturated carbocycles. The van der Waals surface area contributed by atoms with Gasteiger partial charge in [-0.15, -0.1) is 0 Å². The summed E-state index contributed by atoms with van der Waals surface area (Å²) in [5, 5.41) is 20.4. The molecule has 1 aromatic carbocycles. The molecule has 28 heavy (non-hydrogen) atoms. The predicted molar refractivity (Wildman–Crippen MR) is 108 cm³/mol. The third-order valence-corrected chi connectivity index (χ3v) is 5.47. The molecule has 0 aromatic heterocycles. The lowest BCUT2D eigenvalue weighted by atomic mass is 9.81. The van der Waals surface area contributed by atoms with Gasteiger partial charge in [-0.25, -0.2) is 9.59 Å². The molecule has 1 aliphatic carbocycles. The van der Waals surface area contributed by atoms with Gasteiger partial charge in [0.15, 0.2) is 0 Å². The first-order valence-electron chi connectivity index (χ1n) is 9.24. The second-order valence-electron chi connectivity index (χ2n) is 7.02. The van der Waals surface area contributed by atoms with E-state index in [4.69, 9.17) is 38.2 Å². The summed E-state index contributed by atoms with van der Waals surface area (Å²) in [4.78, 5) is 19.1. The van der Waals surface area contributed by atoms with Crippen molar-refractivity contribution in [1.29, 1.82) is 0 Å². The van der Waals surface area contributed by atoms with Crippen LogP contribution in [0, 0.1) is 11.8 Å². The Labute approximate surface area is 174 Å². The van der Waals surface area contributed by atoms with Crippen LogP contribution in [0.25, 0.3) is 0 Å². The molecule has 2 atom stereocenters. The van der Waals surface area contributed by atoms with Crippen LogP contribution < -0.4 is 5.32 Å². The van der Waals surface area contributed by atoms with Gasteiger partial charge in [0, 0.05) is 31.2 Å². The van der Waals surface area contributed by atoms with Crippen LogP contribution in [0.4, 0.5) is 0 Å². The average Bonchev–Trinajstić information content (AvgIpc) is 3.48. The molecule has 1 heterocycles. The zero-order valence-corrected chi connectivity index (χ0v) is 17.0. The van der Waals surface area contributed by atoms with Crippen molar-refractivity contribution in [2.24, 2.45) is 11.8 Å². The van der Waals surface area contributed by atoms with Crippen LogP contribution in [0.15, 0.2) is 30.4 Å². The molecule has 3 N–H and O–H groups in total. The minimum absolute atomic E-state index is 0.519. The number of nitrogens with one attached hydrogen (secondary N) is 1. The molecule has 0 amide bonds. The fraction of sp³-hybridized carbons (Fsp3) is 0.500. The average molecular weight is 430 g/mol. The number of hydrogen-bond acceptors (Lipinski definition) is 4. The van der Waals surface area contributed by atoms with Crippen LogP contribution in [0.5, 0.6) is 0 Å². The number of piperidine rings is 1. The van der Waals surface area contributed by atoms with Gasteiger partial charge >= 0.3 is 11.9 Å². The van der Waals surface area contributed by atoms with Gasteiger partial charge in [-0.05, 0) is 55.3 Å². The minimum Gasteiger partial charge on any atom is -0.478 e. The van der Waals surface area contributed by atoms with Gasteiger partial charge in [0.1, 0.15) is 0 Å². The zero-order chi connectivity index (χ0) is 20.5. The van der Waals surface area contributed by atoms with Crippen LogP contribution in [-0.2, 0) is 14.3 Å². The van der Waals surface area contributed by atoms with Crippen LogP contribution in [0.2, 0.25) is 10.0 Å². The number of hydrogen-bond donors (Lipinski definition) is 3. The molecule has 8 heteroatoms. The first-order chi connectivity index (χ1) is 13.4. The largest absolute Gasteiger partial charge is 0.478 e. The number of rotatable bonds is 7. The quantitative estimate of drug-likeness (QED) is 0.570. The Hall–Kier alpha value is -1.60. The summed E-state index contributed by atoms with van der Waals surface area (Å²) in [6.07, 6.45) is 4.94. The molecule has 0 radical (unpaired) electrons. The molecule has 1 aromatic rings. The summed E-state index contributed by atoms with van der Waals surface area (Å²) in [5.74, 6) is -0.639. The van der Waals surface area contributed by atoms with Gasteiger partial charge in [-0.2, -0.15) is 0 Å². The van der Waals surface area contributed by atoms with E-state index in [-0.39, 0.29) is 0 Å². The van der Waals surface area contributed by atoms with Gasteiger partial charge in [-0.3, -0.25) is 0 Å². The van der Waals surface area contributed by atoms with E-state index in [0.29, 0.717) is 34.0 Å². The molecule has 1 saturated heterocycles. The fourth-order valence-corrected chi connectivity index (χ4v) is 3.40. The van der Waals surface area contributed by atoms with Gasteiger partial charge < -0.3 is 20.3 Å². The second-order valence-corrected chi connectivity index (χ2v) is 7.84. The van der Waals surface area contributed by atoms with Crippen LogP contribution >= 0.6 is 23.2 Å². The van der Waals surface area contributed by atoms with E-state index in [9.17, 15) is 9.59 Å². The van der Waals surface area contributed by atoms with Crippen molar-refractivity contribution in [2.45, 2.75) is 25.2 Å². The fourth-order valence-electron chi connectivity index (χ4n) is 3.09. The van der Waals surface area contributed by atoms with Crippen molar-refractivity contribution in [3.8, 4) is 0 Å². The summed E-state index contributed by atoms with van der Waals surface area (Å²) >= 11 is 12.2. The highest BCUT2D eigenvalue weighted by Crippen LogP contribution is 2.35. The van der Waals surface area contributed by atoms with E-state index in [1.165, 1.54) is 18.4 Å². The molecule has 3 rings (SSSR count). The van der Waals surface area contributed by atoms with E-state index in [2.05, 4.69) is 11.4 Å². The summed E-state index contributed by atoms with van der Waals surface area (Å²) < 4.78 is 5.90. The number of carboxylic acids is 2. The van der Waals surface area contributed by atoms with Gasteiger partial charge in [0.2, 0.25) is 0 Å². The van der Waals surface area contributed by atoms with Gasteiger partial charge in [-0.1, -0.05) is 29.3 Å². The molecule has 2 aliphatic rings. The number of carbonyl (C=O) groups is 2. The molecule has 6 nitrogen and oxygen atoms in total. The lowest BCUT2D eigenvalue weighted by Gasteiger charge is -2.32. The Kier molecular flexibility index (Phi) is 9.25. The Morgan fingerprint density at radius 2 is 1.75 bits per heavy atom. The van der Waals surface area contributed by atoms with E-state index in [1.54, 1.807) is 0 Å².